The van der Waals surface area contributed by atoms with Gasteiger partial charge in [0.2, 0.25) is 0 Å². The molecule has 1 N–H and O–H groups in total. The van der Waals surface area contributed by atoms with Crippen LogP contribution >= 0.6 is 22.9 Å². The van der Waals surface area contributed by atoms with E-state index < -0.39 is 0 Å². The second-order valence-corrected chi connectivity index (χ2v) is 5.95. The number of fused-ring (bicyclic) bond motifs is 1. The molecule has 1 aromatic carbocycles. The third-order valence-corrected chi connectivity index (χ3v) is 3.52. The summed E-state index contributed by atoms with van der Waals surface area (Å²) in [4.78, 5) is 2.00. The molecule has 4 heteroatoms. The molecule has 0 saturated heterocycles. The van der Waals surface area contributed by atoms with Gasteiger partial charge in [-0.05, 0) is 30.8 Å². The van der Waals surface area contributed by atoms with Gasteiger partial charge in [0.15, 0.2) is 0 Å². The summed E-state index contributed by atoms with van der Waals surface area (Å²) in [5, 5.41) is 10.0. The van der Waals surface area contributed by atoms with E-state index >= 15 is 0 Å². The van der Waals surface area contributed by atoms with Crippen LogP contribution in [-0.4, -0.2) is 33.8 Å². The molecule has 0 radical (unpaired) electrons. The maximum atomic E-state index is 10.0. The van der Waals surface area contributed by atoms with Gasteiger partial charge in [-0.2, -0.15) is 0 Å². The number of aliphatic hydroxyl groups is 1. The van der Waals surface area contributed by atoms with Gasteiger partial charge in [0, 0.05) is 42.5 Å². The van der Waals surface area contributed by atoms with Crippen molar-refractivity contribution in [2.24, 2.45) is 0 Å². The molecule has 1 atom stereocenters. The summed E-state index contributed by atoms with van der Waals surface area (Å²) in [5.41, 5.74) is 3.76. The molecule has 3 nitrogen and oxygen atoms in total. The highest BCUT2D eigenvalue weighted by atomic mass is 127. The Morgan fingerprint density at radius 3 is 2.75 bits per heavy atom. The molecule has 1 aliphatic rings. The van der Waals surface area contributed by atoms with Crippen molar-refractivity contribution >= 4 is 22.9 Å². The van der Waals surface area contributed by atoms with Gasteiger partial charge in [-0.1, -0.05) is 18.2 Å². The van der Waals surface area contributed by atoms with Crippen molar-refractivity contribution in [3.05, 3.63) is 34.9 Å². The first kappa shape index (κ1) is 12.3. The molecule has 0 spiro atoms. The molecular weight excluding hydrogens is 315 g/mol. The Morgan fingerprint density at radius 2 is 2.06 bits per heavy atom. The summed E-state index contributed by atoms with van der Waals surface area (Å²) in [7, 11) is 3.95. The lowest BCUT2D eigenvalue weighted by Crippen LogP contribution is -2.20. The summed E-state index contributed by atoms with van der Waals surface area (Å²) in [6.45, 7) is 2.67. The first-order chi connectivity index (χ1) is 7.56. The van der Waals surface area contributed by atoms with Gasteiger partial charge >= 0.3 is 0 Å². The molecule has 0 saturated carbocycles. The summed E-state index contributed by atoms with van der Waals surface area (Å²) in [6.07, 6.45) is -0.386. The zero-order chi connectivity index (χ0) is 11.7. The molecule has 0 aromatic heterocycles. The highest BCUT2D eigenvalue weighted by Crippen LogP contribution is 2.28. The van der Waals surface area contributed by atoms with Crippen molar-refractivity contribution in [2.45, 2.75) is 19.2 Å². The van der Waals surface area contributed by atoms with Gasteiger partial charge in [0.25, 0.3) is 0 Å². The van der Waals surface area contributed by atoms with Crippen LogP contribution in [-0.2, 0) is 13.1 Å². The number of halogens is 1. The van der Waals surface area contributed by atoms with Crippen LogP contribution in [0, 0.1) is 0 Å². The minimum Gasteiger partial charge on any atom is -0.387 e. The first-order valence-electron chi connectivity index (χ1n) is 5.41. The highest BCUT2D eigenvalue weighted by Gasteiger charge is 2.18. The maximum absolute atomic E-state index is 10.0. The van der Waals surface area contributed by atoms with Crippen LogP contribution in [0.4, 0.5) is 0 Å². The minimum atomic E-state index is -0.386. The van der Waals surface area contributed by atoms with Crippen molar-refractivity contribution in [3.63, 3.8) is 0 Å². The van der Waals surface area contributed by atoms with Crippen LogP contribution < -0.4 is 0 Å². The third kappa shape index (κ3) is 2.74. The zero-order valence-electron chi connectivity index (χ0n) is 9.65. The fourth-order valence-electron chi connectivity index (χ4n) is 2.03. The lowest BCUT2D eigenvalue weighted by Gasteiger charge is -2.16. The van der Waals surface area contributed by atoms with Crippen molar-refractivity contribution < 1.29 is 5.11 Å². The monoisotopic (exact) mass is 332 g/mol. The van der Waals surface area contributed by atoms with E-state index in [0.29, 0.717) is 6.54 Å². The predicted molar refractivity (Wildman–Crippen MR) is 73.2 cm³/mol. The summed E-state index contributed by atoms with van der Waals surface area (Å²) < 4.78 is 2.25. The molecule has 0 fully saturated rings. The smallest absolute Gasteiger partial charge is 0.0916 e. The normalized spacial score (nSPS) is 17.8. The Bertz CT molecular complexity index is 381. The fourth-order valence-corrected chi connectivity index (χ4v) is 2.77. The highest BCUT2D eigenvalue weighted by molar-refractivity contribution is 14.1. The lowest BCUT2D eigenvalue weighted by molar-refractivity contribution is 0.138. The van der Waals surface area contributed by atoms with Gasteiger partial charge in [-0.3, -0.25) is 0 Å². The van der Waals surface area contributed by atoms with Crippen LogP contribution in [0.15, 0.2) is 18.2 Å². The fraction of sp³-hybridized carbons (Fsp3) is 0.500. The van der Waals surface area contributed by atoms with E-state index in [2.05, 4.69) is 38.1 Å². The van der Waals surface area contributed by atoms with E-state index in [0.717, 1.165) is 18.7 Å². The van der Waals surface area contributed by atoms with Crippen LogP contribution in [0.1, 0.15) is 22.8 Å². The van der Waals surface area contributed by atoms with Gasteiger partial charge < -0.3 is 10.0 Å². The molecule has 1 aliphatic heterocycles. The van der Waals surface area contributed by atoms with Gasteiger partial charge in [-0.15, -0.1) is 0 Å². The van der Waals surface area contributed by atoms with E-state index in [4.69, 9.17) is 0 Å². The van der Waals surface area contributed by atoms with Crippen LogP contribution in [0.25, 0.3) is 0 Å². The van der Waals surface area contributed by atoms with Crippen LogP contribution in [0.3, 0.4) is 0 Å². The molecular formula is C12H17IN2O. The van der Waals surface area contributed by atoms with Crippen LogP contribution in [0.5, 0.6) is 0 Å². The summed E-state index contributed by atoms with van der Waals surface area (Å²) in [5.74, 6) is 0. The topological polar surface area (TPSA) is 26.7 Å². The van der Waals surface area contributed by atoms with E-state index in [-0.39, 0.29) is 6.10 Å². The number of benzene rings is 1. The van der Waals surface area contributed by atoms with E-state index in [1.165, 1.54) is 11.1 Å². The zero-order valence-corrected chi connectivity index (χ0v) is 11.8. The van der Waals surface area contributed by atoms with Gasteiger partial charge in [0.1, 0.15) is 0 Å². The van der Waals surface area contributed by atoms with E-state index in [9.17, 15) is 5.11 Å². The van der Waals surface area contributed by atoms with Crippen molar-refractivity contribution in [2.75, 3.05) is 20.6 Å². The standard InChI is InChI=1S/C12H17IN2O/c1-14(2)8-12(16)9-3-4-10-6-15(13)7-11(10)5-9/h3-5,12,16H,6-8H2,1-2H3. The molecule has 0 aliphatic carbocycles. The number of aliphatic hydroxyl groups excluding tert-OH is 1. The maximum Gasteiger partial charge on any atom is 0.0916 e. The third-order valence-electron chi connectivity index (χ3n) is 2.84. The number of nitrogens with zero attached hydrogens (tertiary/aromatic N) is 2. The Labute approximate surface area is 111 Å². The van der Waals surface area contributed by atoms with Crippen LogP contribution in [0.2, 0.25) is 0 Å². The minimum absolute atomic E-state index is 0.386. The molecule has 16 heavy (non-hydrogen) atoms. The van der Waals surface area contributed by atoms with Gasteiger partial charge in [0.05, 0.1) is 6.10 Å². The number of hydrogen-bond donors (Lipinski definition) is 1. The van der Waals surface area contributed by atoms with E-state index in [1.807, 2.05) is 25.1 Å². The van der Waals surface area contributed by atoms with Crippen molar-refractivity contribution in [1.82, 2.24) is 8.01 Å². The second-order valence-electron chi connectivity index (χ2n) is 4.59. The molecule has 1 heterocycles. The average Bonchev–Trinajstić information content (AvgIpc) is 2.55. The Balaban J connectivity index is 2.16. The van der Waals surface area contributed by atoms with Gasteiger partial charge in [-0.25, -0.2) is 3.11 Å². The Morgan fingerprint density at radius 1 is 1.38 bits per heavy atom. The quantitative estimate of drug-likeness (QED) is 0.677. The van der Waals surface area contributed by atoms with Crippen molar-refractivity contribution in [3.8, 4) is 0 Å². The summed E-state index contributed by atoms with van der Waals surface area (Å²) >= 11 is 2.34. The Hall–Kier alpha value is -0.170. The first-order valence-corrected chi connectivity index (χ1v) is 6.38. The second kappa shape index (κ2) is 5.00. The SMILES string of the molecule is CN(C)CC(O)c1ccc2c(c1)CN(I)C2. The number of rotatable bonds is 3. The van der Waals surface area contributed by atoms with Crippen molar-refractivity contribution in [1.29, 1.82) is 0 Å². The predicted octanol–water partition coefficient (Wildman–Crippen LogP) is 1.95. The average molecular weight is 332 g/mol. The summed E-state index contributed by atoms with van der Waals surface area (Å²) in [6, 6.07) is 6.33. The molecule has 0 amide bonds. The molecule has 2 rings (SSSR count). The number of likely N-dealkylation sites (N-methyl/N-ethyl adjacent to an activating group) is 1. The lowest BCUT2D eigenvalue weighted by atomic mass is 10.0. The number of hydrogen-bond acceptors (Lipinski definition) is 3. The van der Waals surface area contributed by atoms with E-state index in [1.54, 1.807) is 0 Å². The largest absolute Gasteiger partial charge is 0.387 e. The molecule has 88 valence electrons. The molecule has 0 bridgehead atoms. The molecule has 1 aromatic rings. The molecule has 1 unspecified atom stereocenters. The Kier molecular flexibility index (Phi) is 3.84.